The molecule has 6 nitrogen and oxygen atoms in total. The average Bonchev–Trinajstić information content (AvgIpc) is 3.01. The summed E-state index contributed by atoms with van der Waals surface area (Å²) in [5, 5.41) is 5.83. The van der Waals surface area contributed by atoms with Gasteiger partial charge in [-0.05, 0) is 36.8 Å². The highest BCUT2D eigenvalue weighted by atomic mass is 32.1. The van der Waals surface area contributed by atoms with Crippen LogP contribution in [0.15, 0.2) is 42.6 Å². The summed E-state index contributed by atoms with van der Waals surface area (Å²) in [6.45, 7) is 1.85. The van der Waals surface area contributed by atoms with Crippen molar-refractivity contribution >= 4 is 34.0 Å². The van der Waals surface area contributed by atoms with Crippen LogP contribution in [0.1, 0.15) is 23.6 Å². The molecule has 3 heterocycles. The molecule has 1 aromatic carbocycles. The molecule has 0 bridgehead atoms. The first kappa shape index (κ1) is 17.3. The van der Waals surface area contributed by atoms with Crippen molar-refractivity contribution in [2.45, 2.75) is 19.3 Å². The summed E-state index contributed by atoms with van der Waals surface area (Å²) in [7, 11) is 0. The maximum atomic E-state index is 13.4. The Hall–Kier alpha value is -3.13. The second-order valence-electron chi connectivity index (χ2n) is 6.17. The molecular formula is C19H15FN4O2S. The number of nitrogens with one attached hydrogen (secondary N) is 2. The Bertz CT molecular complexity index is 1040. The van der Waals surface area contributed by atoms with Crippen LogP contribution in [0, 0.1) is 12.7 Å². The van der Waals surface area contributed by atoms with E-state index < -0.39 is 11.7 Å². The van der Waals surface area contributed by atoms with Crippen molar-refractivity contribution in [3.63, 3.8) is 0 Å². The fourth-order valence-electron chi connectivity index (χ4n) is 3.05. The second-order valence-corrected chi connectivity index (χ2v) is 7.17. The van der Waals surface area contributed by atoms with Crippen molar-refractivity contribution in [1.82, 2.24) is 9.97 Å². The minimum atomic E-state index is -0.697. The second kappa shape index (κ2) is 6.88. The Morgan fingerprint density at radius 2 is 2.19 bits per heavy atom. The third-order valence-electron chi connectivity index (χ3n) is 4.30. The van der Waals surface area contributed by atoms with Gasteiger partial charge in [-0.25, -0.2) is 9.37 Å². The number of pyridine rings is 1. The minimum Gasteiger partial charge on any atom is -0.326 e. The molecule has 3 aromatic rings. The van der Waals surface area contributed by atoms with E-state index in [0.29, 0.717) is 16.4 Å². The van der Waals surface area contributed by atoms with E-state index >= 15 is 0 Å². The summed E-state index contributed by atoms with van der Waals surface area (Å²) < 4.78 is 13.4. The smallest absolute Gasteiger partial charge is 0.234 e. The predicted molar refractivity (Wildman–Crippen MR) is 101 cm³/mol. The summed E-state index contributed by atoms with van der Waals surface area (Å²) in [5.74, 6) is -1.83. The number of thiazole rings is 1. The van der Waals surface area contributed by atoms with E-state index in [-0.39, 0.29) is 18.2 Å². The van der Waals surface area contributed by atoms with Crippen LogP contribution in [0.3, 0.4) is 0 Å². The molecule has 1 atom stereocenters. The number of aromatic nitrogens is 2. The summed E-state index contributed by atoms with van der Waals surface area (Å²) in [6.07, 6.45) is 1.70. The molecule has 0 spiro atoms. The van der Waals surface area contributed by atoms with Gasteiger partial charge >= 0.3 is 0 Å². The van der Waals surface area contributed by atoms with Crippen molar-refractivity contribution < 1.29 is 14.0 Å². The zero-order valence-corrected chi connectivity index (χ0v) is 15.1. The monoisotopic (exact) mass is 382 g/mol. The molecule has 27 heavy (non-hydrogen) atoms. The molecule has 4 rings (SSSR count). The SMILES string of the molecule is Cc1nc(NC(=O)[C@H]2CC(=O)Nc3cc(F)ccc32)sc1-c1ccccn1. The normalized spacial score (nSPS) is 15.8. The Morgan fingerprint density at radius 1 is 1.33 bits per heavy atom. The summed E-state index contributed by atoms with van der Waals surface area (Å²) in [4.78, 5) is 34.3. The van der Waals surface area contributed by atoms with Crippen LogP contribution in [0.2, 0.25) is 0 Å². The summed E-state index contributed by atoms with van der Waals surface area (Å²) in [6, 6.07) is 9.62. The maximum absolute atomic E-state index is 13.4. The molecule has 2 N–H and O–H groups in total. The van der Waals surface area contributed by atoms with Crippen LogP contribution >= 0.6 is 11.3 Å². The fourth-order valence-corrected chi connectivity index (χ4v) is 3.99. The zero-order chi connectivity index (χ0) is 19.0. The first-order valence-corrected chi connectivity index (χ1v) is 9.12. The van der Waals surface area contributed by atoms with Crippen molar-refractivity contribution in [3.8, 4) is 10.6 Å². The van der Waals surface area contributed by atoms with Gasteiger partial charge in [-0.3, -0.25) is 14.6 Å². The molecular weight excluding hydrogens is 367 g/mol. The number of benzene rings is 1. The van der Waals surface area contributed by atoms with E-state index in [1.54, 1.807) is 6.20 Å². The van der Waals surface area contributed by atoms with Crippen molar-refractivity contribution in [1.29, 1.82) is 0 Å². The third kappa shape index (κ3) is 3.43. The number of rotatable bonds is 3. The van der Waals surface area contributed by atoms with Crippen LogP contribution in [-0.2, 0) is 9.59 Å². The molecule has 0 saturated carbocycles. The topological polar surface area (TPSA) is 84.0 Å². The molecule has 136 valence electrons. The first-order chi connectivity index (χ1) is 13.0. The van der Waals surface area contributed by atoms with Crippen LogP contribution in [0.4, 0.5) is 15.2 Å². The number of anilines is 2. The molecule has 2 aromatic heterocycles. The Labute approximate surface area is 158 Å². The van der Waals surface area contributed by atoms with Crippen LogP contribution < -0.4 is 10.6 Å². The number of amides is 2. The standard InChI is InChI=1S/C19H15FN4O2S/c1-10-17(14-4-2-3-7-21-14)27-19(22-10)24-18(26)13-9-16(25)23-15-8-11(20)5-6-12(13)15/h2-8,13H,9H2,1H3,(H,23,25)(H,22,24,26)/t13-/m0/s1. The highest BCUT2D eigenvalue weighted by Gasteiger charge is 2.31. The molecule has 0 fully saturated rings. The molecule has 0 aliphatic carbocycles. The van der Waals surface area contributed by atoms with E-state index in [9.17, 15) is 14.0 Å². The van der Waals surface area contributed by atoms with Crippen LogP contribution in [-0.4, -0.2) is 21.8 Å². The van der Waals surface area contributed by atoms with Gasteiger partial charge in [0.05, 0.1) is 22.2 Å². The lowest BCUT2D eigenvalue weighted by Gasteiger charge is -2.24. The lowest BCUT2D eigenvalue weighted by Crippen LogP contribution is -2.30. The van der Waals surface area contributed by atoms with Gasteiger partial charge in [-0.2, -0.15) is 0 Å². The Balaban J connectivity index is 1.60. The third-order valence-corrected chi connectivity index (χ3v) is 5.39. The van der Waals surface area contributed by atoms with Gasteiger partial charge in [-0.1, -0.05) is 23.5 Å². The molecule has 8 heteroatoms. The molecule has 0 radical (unpaired) electrons. The molecule has 0 saturated heterocycles. The minimum absolute atomic E-state index is 0.00191. The van der Waals surface area contributed by atoms with Crippen LogP contribution in [0.5, 0.6) is 0 Å². The fraction of sp³-hybridized carbons (Fsp3) is 0.158. The number of aryl methyl sites for hydroxylation is 1. The van der Waals surface area contributed by atoms with Gasteiger partial charge in [0, 0.05) is 18.3 Å². The van der Waals surface area contributed by atoms with Gasteiger partial charge in [0.2, 0.25) is 11.8 Å². The molecule has 1 aliphatic rings. The largest absolute Gasteiger partial charge is 0.326 e. The number of carbonyl (C=O) groups excluding carboxylic acids is 2. The van der Waals surface area contributed by atoms with E-state index in [2.05, 4.69) is 20.6 Å². The van der Waals surface area contributed by atoms with E-state index in [4.69, 9.17) is 0 Å². The Morgan fingerprint density at radius 3 is 2.96 bits per heavy atom. The van der Waals surface area contributed by atoms with Gasteiger partial charge in [0.1, 0.15) is 5.82 Å². The highest BCUT2D eigenvalue weighted by Crippen LogP contribution is 2.35. The maximum Gasteiger partial charge on any atom is 0.234 e. The average molecular weight is 382 g/mol. The van der Waals surface area contributed by atoms with E-state index in [0.717, 1.165) is 16.3 Å². The van der Waals surface area contributed by atoms with Gasteiger partial charge in [0.25, 0.3) is 0 Å². The van der Waals surface area contributed by atoms with Gasteiger partial charge in [0.15, 0.2) is 5.13 Å². The van der Waals surface area contributed by atoms with Crippen molar-refractivity contribution in [2.75, 3.05) is 10.6 Å². The number of hydrogen-bond acceptors (Lipinski definition) is 5. The molecule has 0 unspecified atom stereocenters. The number of carbonyl (C=O) groups is 2. The van der Waals surface area contributed by atoms with Gasteiger partial charge < -0.3 is 10.6 Å². The summed E-state index contributed by atoms with van der Waals surface area (Å²) >= 11 is 1.32. The number of hydrogen-bond donors (Lipinski definition) is 2. The number of halogens is 1. The van der Waals surface area contributed by atoms with Crippen LogP contribution in [0.25, 0.3) is 10.6 Å². The Kier molecular flexibility index (Phi) is 4.41. The lowest BCUT2D eigenvalue weighted by molar-refractivity contribution is -0.123. The van der Waals surface area contributed by atoms with E-state index in [1.165, 1.54) is 29.5 Å². The number of nitrogens with zero attached hydrogens (tertiary/aromatic N) is 2. The van der Waals surface area contributed by atoms with E-state index in [1.807, 2.05) is 25.1 Å². The molecule has 1 aliphatic heterocycles. The predicted octanol–water partition coefficient (Wildman–Crippen LogP) is 3.72. The number of fused-ring (bicyclic) bond motifs is 1. The zero-order valence-electron chi connectivity index (χ0n) is 14.3. The quantitative estimate of drug-likeness (QED) is 0.723. The highest BCUT2D eigenvalue weighted by molar-refractivity contribution is 7.19. The van der Waals surface area contributed by atoms with Crippen molar-refractivity contribution in [2.24, 2.45) is 0 Å². The van der Waals surface area contributed by atoms with Gasteiger partial charge in [-0.15, -0.1) is 0 Å². The first-order valence-electron chi connectivity index (χ1n) is 8.30. The lowest BCUT2D eigenvalue weighted by atomic mass is 9.90. The summed E-state index contributed by atoms with van der Waals surface area (Å²) in [5.41, 5.74) is 2.46. The van der Waals surface area contributed by atoms with Crippen molar-refractivity contribution in [3.05, 3.63) is 59.7 Å². The molecule has 2 amide bonds.